The Morgan fingerprint density at radius 3 is 2.43 bits per heavy atom. The van der Waals surface area contributed by atoms with Crippen LogP contribution in [0.15, 0.2) is 42.5 Å². The van der Waals surface area contributed by atoms with E-state index in [1.807, 2.05) is 25.1 Å². The quantitative estimate of drug-likeness (QED) is 0.767. The highest BCUT2D eigenvalue weighted by Crippen LogP contribution is 2.32. The van der Waals surface area contributed by atoms with Crippen molar-refractivity contribution in [3.63, 3.8) is 0 Å². The van der Waals surface area contributed by atoms with Crippen LogP contribution in [-0.2, 0) is 4.79 Å². The molecule has 0 saturated carbocycles. The van der Waals surface area contributed by atoms with Crippen molar-refractivity contribution in [2.45, 2.75) is 26.4 Å². The number of benzene rings is 2. The molecule has 0 atom stereocenters. The van der Waals surface area contributed by atoms with E-state index in [1.54, 1.807) is 17.0 Å². The Morgan fingerprint density at radius 2 is 1.80 bits per heavy atom. The van der Waals surface area contributed by atoms with Crippen LogP contribution < -0.4 is 14.8 Å². The van der Waals surface area contributed by atoms with Gasteiger partial charge in [0.15, 0.2) is 11.5 Å². The van der Waals surface area contributed by atoms with E-state index in [2.05, 4.69) is 10.1 Å². The van der Waals surface area contributed by atoms with Crippen LogP contribution in [0.1, 0.15) is 28.8 Å². The lowest BCUT2D eigenvalue weighted by molar-refractivity contribution is -0.121. The number of likely N-dealkylation sites (tertiary alicyclic amines) is 1. The van der Waals surface area contributed by atoms with Crippen molar-refractivity contribution < 1.29 is 27.8 Å². The normalized spacial score (nSPS) is 14.5. The van der Waals surface area contributed by atoms with Gasteiger partial charge in [0.1, 0.15) is 0 Å². The number of nitrogens with one attached hydrogen (secondary N) is 1. The standard InChI is InChI=1S/C22H24F2N2O4/c1-14-5-3-4-6-17(14)21(28)26-11-9-15(10-12-26)20(27)25-16-7-8-18(29-2)19(13-16)30-22(23)24/h3-8,13,15,22H,9-12H2,1-2H3,(H,25,27). The first-order valence-corrected chi connectivity index (χ1v) is 9.67. The number of carbonyl (C=O) groups excluding carboxylic acids is 2. The van der Waals surface area contributed by atoms with Crippen LogP contribution in [0.25, 0.3) is 0 Å². The van der Waals surface area contributed by atoms with Crippen molar-refractivity contribution in [2.75, 3.05) is 25.5 Å². The molecule has 0 radical (unpaired) electrons. The Hall–Kier alpha value is -3.16. The van der Waals surface area contributed by atoms with Crippen LogP contribution in [0.5, 0.6) is 11.5 Å². The van der Waals surface area contributed by atoms with Crippen molar-refractivity contribution in [2.24, 2.45) is 5.92 Å². The van der Waals surface area contributed by atoms with Gasteiger partial charge in [-0.3, -0.25) is 9.59 Å². The summed E-state index contributed by atoms with van der Waals surface area (Å²) in [6.07, 6.45) is 1.06. The minimum atomic E-state index is -3.00. The van der Waals surface area contributed by atoms with Gasteiger partial charge in [0.25, 0.3) is 5.91 Å². The molecule has 0 spiro atoms. The number of amides is 2. The molecular formula is C22H24F2N2O4. The highest BCUT2D eigenvalue weighted by atomic mass is 19.3. The molecule has 0 aromatic heterocycles. The number of rotatable bonds is 6. The lowest BCUT2D eigenvalue weighted by atomic mass is 9.95. The van der Waals surface area contributed by atoms with E-state index in [0.29, 0.717) is 37.2 Å². The zero-order valence-corrected chi connectivity index (χ0v) is 16.9. The van der Waals surface area contributed by atoms with Gasteiger partial charge in [0, 0.05) is 36.3 Å². The second-order valence-corrected chi connectivity index (χ2v) is 7.11. The van der Waals surface area contributed by atoms with E-state index >= 15 is 0 Å². The van der Waals surface area contributed by atoms with Gasteiger partial charge in [-0.25, -0.2) is 0 Å². The topological polar surface area (TPSA) is 67.9 Å². The molecule has 1 aliphatic heterocycles. The summed E-state index contributed by atoms with van der Waals surface area (Å²) in [5.74, 6) is -0.519. The molecule has 8 heteroatoms. The number of halogens is 2. The fourth-order valence-corrected chi connectivity index (χ4v) is 3.51. The summed E-state index contributed by atoms with van der Waals surface area (Å²) >= 11 is 0. The number of nitrogens with zero attached hydrogens (tertiary/aromatic N) is 1. The minimum Gasteiger partial charge on any atom is -0.493 e. The number of alkyl halides is 2. The lowest BCUT2D eigenvalue weighted by Gasteiger charge is -2.31. The third-order valence-electron chi connectivity index (χ3n) is 5.18. The fourth-order valence-electron chi connectivity index (χ4n) is 3.51. The molecule has 1 fully saturated rings. The third kappa shape index (κ3) is 5.06. The number of piperidine rings is 1. The third-order valence-corrected chi connectivity index (χ3v) is 5.18. The Balaban J connectivity index is 1.59. The van der Waals surface area contributed by atoms with Gasteiger partial charge in [0.05, 0.1) is 7.11 Å². The van der Waals surface area contributed by atoms with Crippen LogP contribution in [-0.4, -0.2) is 43.5 Å². The van der Waals surface area contributed by atoms with Gasteiger partial charge < -0.3 is 19.7 Å². The van der Waals surface area contributed by atoms with Crippen molar-refractivity contribution in [3.8, 4) is 11.5 Å². The summed E-state index contributed by atoms with van der Waals surface area (Å²) in [6, 6.07) is 11.7. The summed E-state index contributed by atoms with van der Waals surface area (Å²) in [5.41, 5.74) is 1.93. The van der Waals surface area contributed by atoms with E-state index in [0.717, 1.165) is 5.56 Å². The van der Waals surface area contributed by atoms with Gasteiger partial charge in [-0.05, 0) is 43.5 Å². The first kappa shape index (κ1) is 21.5. The average Bonchev–Trinajstić information content (AvgIpc) is 2.73. The average molecular weight is 418 g/mol. The van der Waals surface area contributed by atoms with E-state index < -0.39 is 6.61 Å². The largest absolute Gasteiger partial charge is 0.493 e. The van der Waals surface area contributed by atoms with Crippen LogP contribution in [0, 0.1) is 12.8 Å². The highest BCUT2D eigenvalue weighted by molar-refractivity contribution is 5.96. The van der Waals surface area contributed by atoms with E-state index in [1.165, 1.54) is 19.2 Å². The van der Waals surface area contributed by atoms with E-state index in [-0.39, 0.29) is 29.2 Å². The number of hydrogen-bond donors (Lipinski definition) is 1. The molecule has 2 amide bonds. The highest BCUT2D eigenvalue weighted by Gasteiger charge is 2.28. The molecule has 160 valence electrons. The number of methoxy groups -OCH3 is 1. The molecule has 1 heterocycles. The number of aryl methyl sites for hydroxylation is 1. The van der Waals surface area contributed by atoms with Crippen molar-refractivity contribution in [1.82, 2.24) is 4.90 Å². The van der Waals surface area contributed by atoms with E-state index in [4.69, 9.17) is 4.74 Å². The summed E-state index contributed by atoms with van der Waals surface area (Å²) < 4.78 is 34.6. The number of ether oxygens (including phenoxy) is 2. The van der Waals surface area contributed by atoms with Gasteiger partial charge in [-0.15, -0.1) is 0 Å². The lowest BCUT2D eigenvalue weighted by Crippen LogP contribution is -2.41. The summed E-state index contributed by atoms with van der Waals surface area (Å²) in [5, 5.41) is 2.74. The first-order chi connectivity index (χ1) is 14.4. The molecule has 0 bridgehead atoms. The van der Waals surface area contributed by atoms with Crippen molar-refractivity contribution in [3.05, 3.63) is 53.6 Å². The smallest absolute Gasteiger partial charge is 0.387 e. The number of anilines is 1. The molecule has 2 aromatic carbocycles. The van der Waals surface area contributed by atoms with Gasteiger partial charge in [-0.1, -0.05) is 18.2 Å². The maximum atomic E-state index is 12.7. The summed E-state index contributed by atoms with van der Waals surface area (Å²) in [4.78, 5) is 27.1. The summed E-state index contributed by atoms with van der Waals surface area (Å²) in [7, 11) is 1.35. The Labute approximate surface area is 173 Å². The molecule has 30 heavy (non-hydrogen) atoms. The fraction of sp³-hybridized carbons (Fsp3) is 0.364. The van der Waals surface area contributed by atoms with Gasteiger partial charge in [-0.2, -0.15) is 8.78 Å². The zero-order chi connectivity index (χ0) is 21.7. The zero-order valence-electron chi connectivity index (χ0n) is 16.9. The van der Waals surface area contributed by atoms with Gasteiger partial charge in [0.2, 0.25) is 5.91 Å². The van der Waals surface area contributed by atoms with Crippen molar-refractivity contribution >= 4 is 17.5 Å². The maximum Gasteiger partial charge on any atom is 0.387 e. The van der Waals surface area contributed by atoms with Crippen molar-refractivity contribution in [1.29, 1.82) is 0 Å². The second kappa shape index (κ2) is 9.56. The van der Waals surface area contributed by atoms with E-state index in [9.17, 15) is 18.4 Å². The molecular weight excluding hydrogens is 394 g/mol. The SMILES string of the molecule is COc1ccc(NC(=O)C2CCN(C(=O)c3ccccc3C)CC2)cc1OC(F)F. The van der Waals surface area contributed by atoms with Crippen LogP contribution in [0.4, 0.5) is 14.5 Å². The van der Waals surface area contributed by atoms with Crippen LogP contribution in [0.3, 0.4) is 0 Å². The number of carbonyl (C=O) groups is 2. The Bertz CT molecular complexity index is 912. The monoisotopic (exact) mass is 418 g/mol. The predicted octanol–water partition coefficient (Wildman–Crippen LogP) is 4.10. The molecule has 1 N–H and O–H groups in total. The molecule has 6 nitrogen and oxygen atoms in total. The first-order valence-electron chi connectivity index (χ1n) is 9.67. The Morgan fingerprint density at radius 1 is 1.10 bits per heavy atom. The van der Waals surface area contributed by atoms with Gasteiger partial charge >= 0.3 is 6.61 Å². The molecule has 0 unspecified atom stereocenters. The second-order valence-electron chi connectivity index (χ2n) is 7.11. The number of hydrogen-bond acceptors (Lipinski definition) is 4. The van der Waals surface area contributed by atoms with Crippen LogP contribution >= 0.6 is 0 Å². The molecule has 2 aromatic rings. The summed E-state index contributed by atoms with van der Waals surface area (Å²) in [6.45, 7) is -0.143. The Kier molecular flexibility index (Phi) is 6.87. The minimum absolute atomic E-state index is 0.0316. The molecule has 1 aliphatic rings. The van der Waals surface area contributed by atoms with Crippen LogP contribution in [0.2, 0.25) is 0 Å². The predicted molar refractivity (Wildman–Crippen MR) is 108 cm³/mol. The molecule has 3 rings (SSSR count). The maximum absolute atomic E-state index is 12.7. The molecule has 0 aliphatic carbocycles. The molecule has 1 saturated heterocycles.